The molecular formula is C11H17NOS. The Labute approximate surface area is 89.8 Å². The van der Waals surface area contributed by atoms with Crippen LogP contribution in [-0.4, -0.2) is 19.5 Å². The van der Waals surface area contributed by atoms with Crippen LogP contribution in [-0.2, 0) is 11.3 Å². The third kappa shape index (κ3) is 3.33. The van der Waals surface area contributed by atoms with Crippen molar-refractivity contribution in [3.05, 3.63) is 29.3 Å². The van der Waals surface area contributed by atoms with E-state index in [2.05, 4.69) is 25.1 Å². The minimum atomic E-state index is 0.615. The van der Waals surface area contributed by atoms with E-state index in [0.717, 1.165) is 12.4 Å². The lowest BCUT2D eigenvalue weighted by atomic mass is 10.1. The van der Waals surface area contributed by atoms with Crippen molar-refractivity contribution < 1.29 is 4.74 Å². The van der Waals surface area contributed by atoms with Crippen LogP contribution in [0.1, 0.15) is 11.1 Å². The fourth-order valence-corrected chi connectivity index (χ4v) is 2.16. The van der Waals surface area contributed by atoms with Gasteiger partial charge in [0.05, 0.1) is 6.61 Å². The van der Waals surface area contributed by atoms with E-state index in [1.807, 2.05) is 11.8 Å². The Kier molecular flexibility index (Phi) is 5.01. The quantitative estimate of drug-likeness (QED) is 0.599. The monoisotopic (exact) mass is 211 g/mol. The SMILES string of the molecule is COCCSc1ccc(CN)cc1C. The first-order valence-corrected chi connectivity index (χ1v) is 5.68. The number of ether oxygens (including phenoxy) is 1. The Morgan fingerprint density at radius 2 is 2.21 bits per heavy atom. The minimum Gasteiger partial charge on any atom is -0.384 e. The van der Waals surface area contributed by atoms with Crippen LogP contribution < -0.4 is 5.73 Å². The van der Waals surface area contributed by atoms with Gasteiger partial charge in [0.2, 0.25) is 0 Å². The summed E-state index contributed by atoms with van der Waals surface area (Å²) in [6.07, 6.45) is 0. The maximum atomic E-state index is 5.56. The summed E-state index contributed by atoms with van der Waals surface area (Å²) < 4.78 is 5.01. The summed E-state index contributed by atoms with van der Waals surface area (Å²) in [4.78, 5) is 1.32. The lowest BCUT2D eigenvalue weighted by Crippen LogP contribution is -1.97. The minimum absolute atomic E-state index is 0.615. The van der Waals surface area contributed by atoms with Crippen molar-refractivity contribution in [1.29, 1.82) is 0 Å². The van der Waals surface area contributed by atoms with E-state index < -0.39 is 0 Å². The van der Waals surface area contributed by atoms with Gasteiger partial charge in [-0.1, -0.05) is 12.1 Å². The van der Waals surface area contributed by atoms with E-state index in [-0.39, 0.29) is 0 Å². The van der Waals surface area contributed by atoms with Crippen molar-refractivity contribution in [1.82, 2.24) is 0 Å². The molecule has 0 amide bonds. The highest BCUT2D eigenvalue weighted by molar-refractivity contribution is 7.99. The van der Waals surface area contributed by atoms with Crippen LogP contribution in [0.15, 0.2) is 23.1 Å². The molecule has 0 saturated heterocycles. The standard InChI is InChI=1S/C11H17NOS/c1-9-7-10(8-12)3-4-11(9)14-6-5-13-2/h3-4,7H,5-6,8,12H2,1-2H3. The largest absolute Gasteiger partial charge is 0.384 e. The van der Waals surface area contributed by atoms with Gasteiger partial charge in [-0.15, -0.1) is 11.8 Å². The predicted octanol–water partition coefficient (Wildman–Crippen LogP) is 2.19. The summed E-state index contributed by atoms with van der Waals surface area (Å²) in [6.45, 7) is 3.53. The Balaban J connectivity index is 2.59. The predicted molar refractivity (Wildman–Crippen MR) is 61.7 cm³/mol. The van der Waals surface area contributed by atoms with Crippen LogP contribution in [0.25, 0.3) is 0 Å². The molecule has 14 heavy (non-hydrogen) atoms. The normalized spacial score (nSPS) is 10.5. The summed E-state index contributed by atoms with van der Waals surface area (Å²) in [5.74, 6) is 0.999. The van der Waals surface area contributed by atoms with E-state index >= 15 is 0 Å². The van der Waals surface area contributed by atoms with Crippen molar-refractivity contribution in [2.45, 2.75) is 18.4 Å². The number of thioether (sulfide) groups is 1. The summed E-state index contributed by atoms with van der Waals surface area (Å²) >= 11 is 1.82. The van der Waals surface area contributed by atoms with Gasteiger partial charge in [0.15, 0.2) is 0 Å². The molecule has 78 valence electrons. The Hall–Kier alpha value is -0.510. The number of benzene rings is 1. The maximum Gasteiger partial charge on any atom is 0.0556 e. The van der Waals surface area contributed by atoms with Crippen molar-refractivity contribution in [2.24, 2.45) is 5.73 Å². The van der Waals surface area contributed by atoms with E-state index in [0.29, 0.717) is 6.54 Å². The van der Waals surface area contributed by atoms with Gasteiger partial charge in [0.1, 0.15) is 0 Å². The molecule has 0 aliphatic rings. The topological polar surface area (TPSA) is 35.2 Å². The number of nitrogens with two attached hydrogens (primary N) is 1. The van der Waals surface area contributed by atoms with Gasteiger partial charge < -0.3 is 10.5 Å². The first kappa shape index (κ1) is 11.6. The highest BCUT2D eigenvalue weighted by Crippen LogP contribution is 2.22. The van der Waals surface area contributed by atoms with Crippen LogP contribution in [0.4, 0.5) is 0 Å². The molecule has 0 atom stereocenters. The van der Waals surface area contributed by atoms with Crippen LogP contribution in [0.3, 0.4) is 0 Å². The number of hydrogen-bond donors (Lipinski definition) is 1. The van der Waals surface area contributed by atoms with Crippen LogP contribution in [0.2, 0.25) is 0 Å². The smallest absolute Gasteiger partial charge is 0.0556 e. The van der Waals surface area contributed by atoms with Gasteiger partial charge in [0, 0.05) is 24.3 Å². The van der Waals surface area contributed by atoms with Gasteiger partial charge >= 0.3 is 0 Å². The zero-order valence-corrected chi connectivity index (χ0v) is 9.56. The molecule has 0 saturated carbocycles. The second-order valence-electron chi connectivity index (χ2n) is 3.15. The molecule has 1 rings (SSSR count). The van der Waals surface area contributed by atoms with Gasteiger partial charge in [-0.05, 0) is 24.1 Å². The zero-order chi connectivity index (χ0) is 10.4. The van der Waals surface area contributed by atoms with E-state index in [1.54, 1.807) is 7.11 Å². The number of methoxy groups -OCH3 is 1. The third-order valence-corrected chi connectivity index (χ3v) is 3.16. The van der Waals surface area contributed by atoms with Crippen LogP contribution in [0.5, 0.6) is 0 Å². The van der Waals surface area contributed by atoms with Crippen molar-refractivity contribution in [2.75, 3.05) is 19.5 Å². The molecule has 0 aliphatic heterocycles. The van der Waals surface area contributed by atoms with E-state index in [4.69, 9.17) is 10.5 Å². The summed E-state index contributed by atoms with van der Waals surface area (Å²) in [6, 6.07) is 6.37. The molecule has 0 radical (unpaired) electrons. The molecule has 0 aromatic heterocycles. The second kappa shape index (κ2) is 6.06. The van der Waals surface area contributed by atoms with E-state index in [1.165, 1.54) is 16.0 Å². The third-order valence-electron chi connectivity index (χ3n) is 2.02. The first-order valence-electron chi connectivity index (χ1n) is 4.69. The average molecular weight is 211 g/mol. The number of rotatable bonds is 5. The summed E-state index contributed by atoms with van der Waals surface area (Å²) in [5, 5.41) is 0. The molecule has 0 heterocycles. The lowest BCUT2D eigenvalue weighted by Gasteiger charge is -2.06. The van der Waals surface area contributed by atoms with Crippen LogP contribution >= 0.6 is 11.8 Å². The fraction of sp³-hybridized carbons (Fsp3) is 0.455. The van der Waals surface area contributed by atoms with Gasteiger partial charge in [-0.3, -0.25) is 0 Å². The Morgan fingerprint density at radius 3 is 2.79 bits per heavy atom. The molecule has 0 spiro atoms. The van der Waals surface area contributed by atoms with E-state index in [9.17, 15) is 0 Å². The highest BCUT2D eigenvalue weighted by Gasteiger charge is 1.99. The molecule has 0 aliphatic carbocycles. The molecule has 0 bridgehead atoms. The maximum absolute atomic E-state index is 5.56. The lowest BCUT2D eigenvalue weighted by molar-refractivity contribution is 0.218. The molecule has 0 unspecified atom stereocenters. The second-order valence-corrected chi connectivity index (χ2v) is 4.28. The Bertz CT molecular complexity index is 289. The first-order chi connectivity index (χ1) is 6.77. The molecule has 3 heteroatoms. The van der Waals surface area contributed by atoms with Gasteiger partial charge in [-0.2, -0.15) is 0 Å². The molecule has 1 aromatic rings. The fourth-order valence-electron chi connectivity index (χ4n) is 1.24. The van der Waals surface area contributed by atoms with Crippen LogP contribution in [0, 0.1) is 6.92 Å². The number of hydrogen-bond acceptors (Lipinski definition) is 3. The van der Waals surface area contributed by atoms with Crippen molar-refractivity contribution in [3.8, 4) is 0 Å². The van der Waals surface area contributed by atoms with Gasteiger partial charge in [0.25, 0.3) is 0 Å². The van der Waals surface area contributed by atoms with Gasteiger partial charge in [-0.25, -0.2) is 0 Å². The van der Waals surface area contributed by atoms with Crippen molar-refractivity contribution >= 4 is 11.8 Å². The highest BCUT2D eigenvalue weighted by atomic mass is 32.2. The Morgan fingerprint density at radius 1 is 1.43 bits per heavy atom. The molecule has 2 nitrogen and oxygen atoms in total. The van der Waals surface area contributed by atoms with Crippen molar-refractivity contribution in [3.63, 3.8) is 0 Å². The summed E-state index contributed by atoms with van der Waals surface area (Å²) in [7, 11) is 1.73. The number of aryl methyl sites for hydroxylation is 1. The average Bonchev–Trinajstić information content (AvgIpc) is 2.20. The molecular weight excluding hydrogens is 194 g/mol. The summed E-state index contributed by atoms with van der Waals surface area (Å²) in [5.41, 5.74) is 8.06. The zero-order valence-electron chi connectivity index (χ0n) is 8.75. The molecule has 0 fully saturated rings. The molecule has 1 aromatic carbocycles. The molecule has 2 N–H and O–H groups in total.